The predicted molar refractivity (Wildman–Crippen MR) is 56.0 cm³/mol. The first kappa shape index (κ1) is 11.3. The van der Waals surface area contributed by atoms with E-state index in [4.69, 9.17) is 11.6 Å². The Morgan fingerprint density at radius 3 is 2.57 bits per heavy atom. The van der Waals surface area contributed by atoms with E-state index in [1.54, 1.807) is 0 Å². The largest absolute Gasteiger partial charge is 0.305 e. The molecule has 0 bridgehead atoms. The van der Waals surface area contributed by atoms with Crippen molar-refractivity contribution in [1.82, 2.24) is 0 Å². The lowest BCUT2D eigenvalue weighted by atomic mass is 10.2. The lowest BCUT2D eigenvalue weighted by Crippen LogP contribution is -2.00. The minimum atomic E-state index is -1.04. The Morgan fingerprint density at radius 2 is 2.14 bits per heavy atom. The molecule has 0 aromatic heterocycles. The van der Waals surface area contributed by atoms with Crippen molar-refractivity contribution < 1.29 is 14.1 Å². The van der Waals surface area contributed by atoms with E-state index in [2.05, 4.69) is 0 Å². The average molecular weight is 329 g/mol. The molecule has 0 radical (unpaired) electrons. The Bertz CT molecular complexity index is 385. The summed E-state index contributed by atoms with van der Waals surface area (Å²) in [7, 11) is 0. The van der Waals surface area contributed by atoms with E-state index < -0.39 is 21.7 Å². The van der Waals surface area contributed by atoms with Crippen molar-refractivity contribution in [3.8, 4) is 0 Å². The molecule has 7 heteroatoms. The van der Waals surface area contributed by atoms with Gasteiger partial charge in [-0.1, -0.05) is 0 Å². The van der Waals surface area contributed by atoms with E-state index in [0.717, 1.165) is 12.1 Å². The molecule has 0 fully saturated rings. The lowest BCUT2D eigenvalue weighted by molar-refractivity contribution is -0.387. The Balaban J connectivity index is 3.41. The summed E-state index contributed by atoms with van der Waals surface area (Å²) in [5, 5.41) is 9.46. The number of hydrogen-bond donors (Lipinski definition) is 0. The van der Waals surface area contributed by atoms with Crippen LogP contribution in [0.5, 0.6) is 0 Å². The maximum atomic E-state index is 13.2. The van der Waals surface area contributed by atoms with Crippen LogP contribution in [0.25, 0.3) is 0 Å². The molecule has 0 heterocycles. The monoisotopic (exact) mass is 329 g/mol. The summed E-state index contributed by atoms with van der Waals surface area (Å²) in [5.74, 6) is -1.04. The molecule has 1 aromatic rings. The summed E-state index contributed by atoms with van der Waals surface area (Å²) in [4.78, 5) is 20.2. The molecule has 0 N–H and O–H groups in total. The average Bonchev–Trinajstić information content (AvgIpc) is 2.08. The molecule has 0 saturated heterocycles. The van der Waals surface area contributed by atoms with Crippen molar-refractivity contribution in [2.45, 2.75) is 0 Å². The minimum absolute atomic E-state index is 0.0737. The molecule has 0 aliphatic rings. The fraction of sp³-hybridized carbons (Fsp3) is 0. The van der Waals surface area contributed by atoms with Crippen LogP contribution in [0.1, 0.15) is 10.4 Å². The molecule has 0 aliphatic heterocycles. The number of rotatable bonds is 2. The Hall–Kier alpha value is -0.760. The summed E-state index contributed by atoms with van der Waals surface area (Å²) in [5.41, 5.74) is -0.744. The number of carbonyl (C=O) groups is 1. The van der Waals surface area contributed by atoms with Gasteiger partial charge in [-0.3, -0.25) is 14.9 Å². The van der Waals surface area contributed by atoms with E-state index in [-0.39, 0.29) is 9.13 Å². The van der Waals surface area contributed by atoms with Crippen molar-refractivity contribution in [3.63, 3.8) is 0 Å². The van der Waals surface area contributed by atoms with Crippen molar-refractivity contribution in [2.24, 2.45) is 0 Å². The zero-order valence-corrected chi connectivity index (χ0v) is 9.37. The van der Waals surface area contributed by atoms with Crippen LogP contribution in [0.3, 0.4) is 0 Å². The highest BCUT2D eigenvalue weighted by Crippen LogP contribution is 2.25. The highest BCUT2D eigenvalue weighted by Gasteiger charge is 2.21. The second-order valence-electron chi connectivity index (χ2n) is 2.29. The van der Waals surface area contributed by atoms with Gasteiger partial charge in [0, 0.05) is 6.07 Å². The van der Waals surface area contributed by atoms with Gasteiger partial charge in [0.15, 0.2) is 0 Å². The van der Waals surface area contributed by atoms with E-state index in [9.17, 15) is 19.3 Å². The third kappa shape index (κ3) is 2.01. The molecular formula is C7H2ClFINO3. The molecule has 0 saturated carbocycles. The minimum Gasteiger partial charge on any atom is -0.276 e. The summed E-state index contributed by atoms with van der Waals surface area (Å²) >= 11 is 6.63. The van der Waals surface area contributed by atoms with Crippen LogP contribution in [0, 0.1) is 19.5 Å². The highest BCUT2D eigenvalue weighted by atomic mass is 127. The van der Waals surface area contributed by atoms with E-state index in [1.807, 2.05) is 0 Å². The van der Waals surface area contributed by atoms with Gasteiger partial charge in [0.05, 0.1) is 14.1 Å². The summed E-state index contributed by atoms with van der Waals surface area (Å²) < 4.78 is 13.1. The normalized spacial score (nSPS) is 9.93. The summed E-state index contributed by atoms with van der Waals surface area (Å²) in [6.07, 6.45) is 0. The fourth-order valence-corrected chi connectivity index (χ4v) is 1.85. The molecule has 1 aromatic carbocycles. The molecule has 0 aliphatic carbocycles. The number of hydrogen-bond acceptors (Lipinski definition) is 3. The van der Waals surface area contributed by atoms with E-state index in [0.29, 0.717) is 0 Å². The summed E-state index contributed by atoms with van der Waals surface area (Å²) in [6, 6.07) is 2.03. The molecule has 0 atom stereocenters. The molecular weight excluding hydrogens is 327 g/mol. The van der Waals surface area contributed by atoms with Crippen LogP contribution in [-0.2, 0) is 0 Å². The second kappa shape index (κ2) is 4.18. The third-order valence-corrected chi connectivity index (χ3v) is 2.73. The van der Waals surface area contributed by atoms with Crippen molar-refractivity contribution in [2.75, 3.05) is 0 Å². The second-order valence-corrected chi connectivity index (χ2v) is 3.71. The Kier molecular flexibility index (Phi) is 3.38. The number of nitro benzene ring substituents is 1. The number of nitrogens with zero attached hydrogens (tertiary/aromatic N) is 1. The number of benzene rings is 1. The van der Waals surface area contributed by atoms with Crippen molar-refractivity contribution in [3.05, 3.63) is 37.2 Å². The fourth-order valence-electron chi connectivity index (χ4n) is 0.832. The van der Waals surface area contributed by atoms with Crippen molar-refractivity contribution >= 4 is 45.1 Å². The third-order valence-electron chi connectivity index (χ3n) is 1.47. The molecule has 0 amide bonds. The van der Waals surface area contributed by atoms with Gasteiger partial charge in [-0.05, 0) is 40.3 Å². The molecule has 4 nitrogen and oxygen atoms in total. The van der Waals surface area contributed by atoms with Crippen LogP contribution < -0.4 is 0 Å². The molecule has 1 rings (SSSR count). The first-order chi connectivity index (χ1) is 6.45. The van der Waals surface area contributed by atoms with Crippen LogP contribution in [0.15, 0.2) is 12.1 Å². The van der Waals surface area contributed by atoms with Gasteiger partial charge in [0.1, 0.15) is 0 Å². The Morgan fingerprint density at radius 1 is 1.57 bits per heavy atom. The maximum absolute atomic E-state index is 13.2. The topological polar surface area (TPSA) is 60.2 Å². The van der Waals surface area contributed by atoms with Crippen LogP contribution in [0.4, 0.5) is 10.1 Å². The standard InChI is InChI=1S/C7H2ClFINO3/c8-7(12)3-1-2-4(11(13)14)5(9)6(3)10/h1-2H. The quantitative estimate of drug-likeness (QED) is 0.363. The molecule has 74 valence electrons. The highest BCUT2D eigenvalue weighted by molar-refractivity contribution is 14.1. The van der Waals surface area contributed by atoms with Crippen LogP contribution >= 0.6 is 34.2 Å². The first-order valence-corrected chi connectivity index (χ1v) is 4.73. The van der Waals surface area contributed by atoms with Gasteiger partial charge in [-0.2, -0.15) is 4.39 Å². The molecule has 0 spiro atoms. The molecule has 14 heavy (non-hydrogen) atoms. The SMILES string of the molecule is O=C(Cl)c1ccc([N+](=O)[O-])c(F)c1I. The summed E-state index contributed by atoms with van der Waals surface area (Å²) in [6.45, 7) is 0. The van der Waals surface area contributed by atoms with Gasteiger partial charge >= 0.3 is 5.69 Å². The van der Waals surface area contributed by atoms with Gasteiger partial charge in [-0.15, -0.1) is 0 Å². The van der Waals surface area contributed by atoms with E-state index in [1.165, 1.54) is 22.6 Å². The van der Waals surface area contributed by atoms with Gasteiger partial charge in [0.25, 0.3) is 5.24 Å². The lowest BCUT2D eigenvalue weighted by Gasteiger charge is -2.00. The van der Waals surface area contributed by atoms with Crippen LogP contribution in [-0.4, -0.2) is 10.2 Å². The Labute approximate surface area is 96.3 Å². The van der Waals surface area contributed by atoms with Gasteiger partial charge in [0.2, 0.25) is 5.82 Å². The zero-order chi connectivity index (χ0) is 10.9. The van der Waals surface area contributed by atoms with Gasteiger partial charge in [-0.25, -0.2) is 0 Å². The zero-order valence-electron chi connectivity index (χ0n) is 6.46. The smallest absolute Gasteiger partial charge is 0.276 e. The predicted octanol–water partition coefficient (Wildman–Crippen LogP) is 2.72. The first-order valence-electron chi connectivity index (χ1n) is 3.27. The molecule has 0 unspecified atom stereocenters. The van der Waals surface area contributed by atoms with E-state index >= 15 is 0 Å². The van der Waals surface area contributed by atoms with Crippen LogP contribution in [0.2, 0.25) is 0 Å². The number of carbonyl (C=O) groups excluding carboxylic acids is 1. The number of nitro groups is 1. The number of halogens is 3. The maximum Gasteiger partial charge on any atom is 0.305 e. The van der Waals surface area contributed by atoms with Crippen molar-refractivity contribution in [1.29, 1.82) is 0 Å². The van der Waals surface area contributed by atoms with Gasteiger partial charge < -0.3 is 0 Å².